The van der Waals surface area contributed by atoms with Crippen LogP contribution in [-0.2, 0) is 81.0 Å². The molecule has 1 fully saturated rings. The first-order valence-corrected chi connectivity index (χ1v) is 27.6. The van der Waals surface area contributed by atoms with E-state index in [1.807, 2.05) is 79.7 Å². The molecule has 16 nitrogen and oxygen atoms in total. The van der Waals surface area contributed by atoms with Crippen molar-refractivity contribution in [2.24, 2.45) is 11.8 Å². The smallest absolute Gasteiger partial charge is 0.329 e. The second-order valence-corrected chi connectivity index (χ2v) is 25.6. The number of rotatable bonds is 13. The van der Waals surface area contributed by atoms with Gasteiger partial charge in [0.2, 0.25) is 0 Å². The van der Waals surface area contributed by atoms with Gasteiger partial charge in [0.25, 0.3) is 23.6 Å². The number of esters is 4. The minimum Gasteiger partial charge on any atom is -0.451 e. The number of alkyl halides is 2. The first-order valence-electron chi connectivity index (χ1n) is 27.6. The average Bonchev–Trinajstić information content (AvgIpc) is 3.33. The first-order chi connectivity index (χ1) is 36.1. The highest BCUT2D eigenvalue weighted by molar-refractivity contribution is 5.94. The summed E-state index contributed by atoms with van der Waals surface area (Å²) in [6.07, 6.45) is -7.88. The summed E-state index contributed by atoms with van der Waals surface area (Å²) in [6.45, 7) is 26.9. The lowest BCUT2D eigenvalue weighted by atomic mass is 9.86. The SMILES string of the molecule is CC(C)CC[C@H]1C(=O)O[C@H](Cc2ccc(C(C)(C)C)cc2)C(=O)N(C)C(CC(C)(C)F)C(=O)O[C@H](C)C(=O)N(C)[C@@H](CC(C)C)C(=O)O[C@H](Cc2ccc(C(C)(C)C)cc2)C(=O)N(C)[C@@H](CC(C)(C)F)C(=O)O[C@H](C)C(=O)N1C. The van der Waals surface area contributed by atoms with Gasteiger partial charge in [-0.05, 0) is 106 Å². The van der Waals surface area contributed by atoms with Crippen LogP contribution in [0.3, 0.4) is 0 Å². The van der Waals surface area contributed by atoms with Crippen LogP contribution in [0, 0.1) is 11.8 Å². The van der Waals surface area contributed by atoms with Crippen molar-refractivity contribution in [1.29, 1.82) is 0 Å². The first kappa shape index (κ1) is 67.3. The van der Waals surface area contributed by atoms with Crippen molar-refractivity contribution >= 4 is 47.5 Å². The summed E-state index contributed by atoms with van der Waals surface area (Å²) in [4.78, 5) is 121. The second-order valence-electron chi connectivity index (χ2n) is 25.6. The third kappa shape index (κ3) is 20.0. The number of likely N-dealkylation sites (N-methyl/N-ethyl adjacent to an activating group) is 4. The van der Waals surface area contributed by atoms with E-state index in [1.54, 1.807) is 38.1 Å². The van der Waals surface area contributed by atoms with Crippen LogP contribution in [0.15, 0.2) is 48.5 Å². The van der Waals surface area contributed by atoms with E-state index in [0.717, 1.165) is 30.7 Å². The highest BCUT2D eigenvalue weighted by atomic mass is 19.1. The highest BCUT2D eigenvalue weighted by Gasteiger charge is 2.44. The molecular formula is C61H92F2N4O12. The molecule has 0 saturated carbocycles. The molecule has 1 aliphatic heterocycles. The number of carbonyl (C=O) groups is 8. The van der Waals surface area contributed by atoms with E-state index in [4.69, 9.17) is 18.9 Å². The zero-order valence-electron chi connectivity index (χ0n) is 50.8. The molecular weight excluding hydrogens is 1020 g/mol. The molecule has 442 valence electrons. The van der Waals surface area contributed by atoms with Crippen molar-refractivity contribution in [3.8, 4) is 0 Å². The van der Waals surface area contributed by atoms with Gasteiger partial charge in [0.15, 0.2) is 24.4 Å². The van der Waals surface area contributed by atoms with E-state index in [-0.39, 0.29) is 48.3 Å². The molecule has 79 heavy (non-hydrogen) atoms. The number of halogens is 2. The van der Waals surface area contributed by atoms with Crippen molar-refractivity contribution in [3.05, 3.63) is 70.8 Å². The van der Waals surface area contributed by atoms with Gasteiger partial charge < -0.3 is 38.5 Å². The standard InChI is InChI=1S/C61H92F2N4O12/c1-36(2)21-30-44-54(72)78-48(32-40-22-26-42(27-23-40)58(7,8)9)52(70)66(19)47(35-61(15,16)63)57(75)77-39(6)51(69)65(18)45(31-37(3)4)55(73)79-49(33-41-24-28-43(29-25-41)59(10,11)12)53(71)67(20)46(34-60(13,14)62)56(74)76-38(5)50(68)64(44)17/h22-29,36-39,44-49H,21,30-35H2,1-20H3/t38-,39-,44+,45+,46+,47?,48-,49-/m1/s1. The van der Waals surface area contributed by atoms with Gasteiger partial charge in [-0.3, -0.25) is 19.2 Å². The van der Waals surface area contributed by atoms with Gasteiger partial charge in [-0.1, -0.05) is 118 Å². The Kier molecular flexibility index (Phi) is 23.4. The molecule has 0 aromatic heterocycles. The van der Waals surface area contributed by atoms with Gasteiger partial charge >= 0.3 is 23.9 Å². The Morgan fingerprint density at radius 3 is 1.05 bits per heavy atom. The van der Waals surface area contributed by atoms with E-state index < -0.39 is 120 Å². The number of hydrogen-bond acceptors (Lipinski definition) is 12. The molecule has 1 saturated heterocycles. The molecule has 1 heterocycles. The maximum absolute atomic E-state index is 15.8. The van der Waals surface area contributed by atoms with Crippen molar-refractivity contribution < 1.29 is 66.1 Å². The zero-order valence-corrected chi connectivity index (χ0v) is 50.8. The lowest BCUT2D eigenvalue weighted by Gasteiger charge is -2.36. The molecule has 18 heteroatoms. The van der Waals surface area contributed by atoms with Crippen LogP contribution < -0.4 is 0 Å². The van der Waals surface area contributed by atoms with Crippen LogP contribution in [0.4, 0.5) is 8.78 Å². The van der Waals surface area contributed by atoms with Crippen LogP contribution in [0.2, 0.25) is 0 Å². The third-order valence-electron chi connectivity index (χ3n) is 14.2. The Morgan fingerprint density at radius 1 is 0.443 bits per heavy atom. The molecule has 4 amide bonds. The fourth-order valence-corrected chi connectivity index (χ4v) is 9.25. The number of benzene rings is 2. The van der Waals surface area contributed by atoms with Crippen molar-refractivity contribution in [2.45, 2.75) is 226 Å². The molecule has 2 aromatic rings. The van der Waals surface area contributed by atoms with E-state index in [0.29, 0.717) is 17.5 Å². The number of carbonyl (C=O) groups excluding carboxylic acids is 8. The van der Waals surface area contributed by atoms with Gasteiger partial charge in [-0.15, -0.1) is 0 Å². The summed E-state index contributed by atoms with van der Waals surface area (Å²) in [5, 5.41) is 0. The van der Waals surface area contributed by atoms with E-state index in [1.165, 1.54) is 69.7 Å². The molecule has 3 rings (SSSR count). The number of nitrogens with zero attached hydrogens (tertiary/aromatic N) is 4. The summed E-state index contributed by atoms with van der Waals surface area (Å²) in [6, 6.07) is 8.41. The third-order valence-corrected chi connectivity index (χ3v) is 14.2. The Balaban J connectivity index is 2.34. The van der Waals surface area contributed by atoms with Gasteiger partial charge in [-0.25, -0.2) is 28.0 Å². The molecule has 0 spiro atoms. The second kappa shape index (κ2) is 27.5. The fraction of sp³-hybridized carbons (Fsp3) is 0.672. The lowest BCUT2D eigenvalue weighted by molar-refractivity contribution is -0.176. The van der Waals surface area contributed by atoms with E-state index in [2.05, 4.69) is 0 Å². The number of amides is 4. The van der Waals surface area contributed by atoms with Crippen molar-refractivity contribution in [1.82, 2.24) is 19.6 Å². The molecule has 2 aromatic carbocycles. The van der Waals surface area contributed by atoms with Crippen LogP contribution in [-0.4, -0.2) is 155 Å². The minimum absolute atomic E-state index is 0.00258. The van der Waals surface area contributed by atoms with Gasteiger partial charge in [0.05, 0.1) is 0 Å². The van der Waals surface area contributed by atoms with Crippen molar-refractivity contribution in [2.75, 3.05) is 28.2 Å². The number of ether oxygens (including phenoxy) is 4. The number of cyclic esters (lactones) is 4. The zero-order chi connectivity index (χ0) is 60.4. The predicted octanol–water partition coefficient (Wildman–Crippen LogP) is 8.83. The van der Waals surface area contributed by atoms with Gasteiger partial charge in [-0.2, -0.15) is 0 Å². The maximum atomic E-state index is 15.8. The molecule has 0 N–H and O–H groups in total. The summed E-state index contributed by atoms with van der Waals surface area (Å²) in [7, 11) is 5.07. The fourth-order valence-electron chi connectivity index (χ4n) is 9.25. The molecule has 1 aliphatic rings. The largest absolute Gasteiger partial charge is 0.451 e. The Labute approximate surface area is 468 Å². The Bertz CT molecular complexity index is 2420. The summed E-state index contributed by atoms with van der Waals surface area (Å²) in [5.74, 6) is -8.24. The molecule has 0 bridgehead atoms. The van der Waals surface area contributed by atoms with Crippen LogP contribution in [0.5, 0.6) is 0 Å². The molecule has 1 unspecified atom stereocenters. The maximum Gasteiger partial charge on any atom is 0.329 e. The molecule has 0 radical (unpaired) electrons. The van der Waals surface area contributed by atoms with E-state index in [9.17, 15) is 38.4 Å². The Morgan fingerprint density at radius 2 is 0.747 bits per heavy atom. The topological polar surface area (TPSA) is 186 Å². The van der Waals surface area contributed by atoms with Crippen LogP contribution in [0.1, 0.15) is 165 Å². The van der Waals surface area contributed by atoms with Crippen LogP contribution in [0.25, 0.3) is 0 Å². The van der Waals surface area contributed by atoms with Gasteiger partial charge in [0.1, 0.15) is 35.5 Å². The normalized spacial score (nSPS) is 24.2. The molecule has 0 aliphatic carbocycles. The van der Waals surface area contributed by atoms with Crippen LogP contribution >= 0.6 is 0 Å². The Hall–Kier alpha value is -5.94. The average molecular weight is 1110 g/mol. The van der Waals surface area contributed by atoms with E-state index >= 15 is 8.78 Å². The number of hydrogen-bond donors (Lipinski definition) is 0. The van der Waals surface area contributed by atoms with Crippen molar-refractivity contribution in [3.63, 3.8) is 0 Å². The monoisotopic (exact) mass is 1110 g/mol. The summed E-state index contributed by atoms with van der Waals surface area (Å²) >= 11 is 0. The molecule has 8 atom stereocenters. The minimum atomic E-state index is -2.10. The quantitative estimate of drug-likeness (QED) is 0.137. The summed E-state index contributed by atoms with van der Waals surface area (Å²) < 4.78 is 55.4. The van der Waals surface area contributed by atoms with Gasteiger partial charge in [0, 0.05) is 53.9 Å². The lowest BCUT2D eigenvalue weighted by Crippen LogP contribution is -2.55. The highest BCUT2D eigenvalue weighted by Crippen LogP contribution is 2.29. The summed E-state index contributed by atoms with van der Waals surface area (Å²) in [5.41, 5.74) is -1.61. The predicted molar refractivity (Wildman–Crippen MR) is 298 cm³/mol.